The van der Waals surface area contributed by atoms with E-state index in [0.717, 1.165) is 15.0 Å². The first-order valence-corrected chi connectivity index (χ1v) is 5.80. The fraction of sp³-hybridized carbons (Fsp3) is 0.200. The fourth-order valence-electron chi connectivity index (χ4n) is 1.35. The van der Waals surface area contributed by atoms with Gasteiger partial charge >= 0.3 is 0 Å². The van der Waals surface area contributed by atoms with Crippen LogP contribution in [-0.2, 0) is 6.54 Å². The van der Waals surface area contributed by atoms with Gasteiger partial charge in [0.2, 0.25) is 0 Å². The van der Waals surface area contributed by atoms with Gasteiger partial charge < -0.3 is 5.32 Å². The Morgan fingerprint density at radius 1 is 1.50 bits per heavy atom. The molecular weight excluding hydrogens is 322 g/mol. The topological polar surface area (TPSA) is 42.7 Å². The van der Waals surface area contributed by atoms with E-state index in [1.807, 2.05) is 13.2 Å². The van der Waals surface area contributed by atoms with Crippen LogP contribution in [-0.4, -0.2) is 22.0 Å². The Morgan fingerprint density at radius 3 is 3.00 bits per heavy atom. The van der Waals surface area contributed by atoms with Crippen LogP contribution in [0.1, 0.15) is 5.69 Å². The molecule has 2 aromatic rings. The number of nitrogens with zero attached hydrogens (tertiary/aromatic N) is 3. The second-order valence-electron chi connectivity index (χ2n) is 3.28. The minimum atomic E-state index is -0.247. The second-order valence-corrected chi connectivity index (χ2v) is 4.44. The molecular formula is C10H10FIN4. The SMILES string of the molecule is CNCc1cn(-c2ccc(F)cc2I)nn1. The fourth-order valence-corrected chi connectivity index (χ4v) is 2.07. The van der Waals surface area contributed by atoms with Gasteiger partial charge in [-0.3, -0.25) is 0 Å². The Bertz CT molecular complexity index is 497. The lowest BCUT2D eigenvalue weighted by atomic mass is 10.3. The maximum Gasteiger partial charge on any atom is 0.124 e. The Morgan fingerprint density at radius 2 is 2.31 bits per heavy atom. The number of hydrogen-bond acceptors (Lipinski definition) is 3. The molecule has 16 heavy (non-hydrogen) atoms. The van der Waals surface area contributed by atoms with Crippen molar-refractivity contribution in [2.24, 2.45) is 0 Å². The van der Waals surface area contributed by atoms with Crippen molar-refractivity contribution < 1.29 is 4.39 Å². The Hall–Kier alpha value is -1.02. The molecule has 0 aliphatic rings. The standard InChI is InChI=1S/C10H10FIN4/c1-13-5-8-6-16(15-14-8)10-3-2-7(11)4-9(10)12/h2-4,6,13H,5H2,1H3. The summed E-state index contributed by atoms with van der Waals surface area (Å²) in [6.07, 6.45) is 1.83. The second kappa shape index (κ2) is 4.88. The van der Waals surface area contributed by atoms with Crippen molar-refractivity contribution >= 4 is 22.6 Å². The maximum absolute atomic E-state index is 12.9. The van der Waals surface area contributed by atoms with Crippen molar-refractivity contribution in [3.8, 4) is 5.69 Å². The molecule has 0 amide bonds. The number of halogens is 2. The van der Waals surface area contributed by atoms with Crippen molar-refractivity contribution in [2.75, 3.05) is 7.05 Å². The molecule has 0 atom stereocenters. The molecule has 1 aromatic carbocycles. The highest BCUT2D eigenvalue weighted by Gasteiger charge is 2.06. The molecule has 1 heterocycles. The van der Waals surface area contributed by atoms with E-state index in [1.165, 1.54) is 12.1 Å². The summed E-state index contributed by atoms with van der Waals surface area (Å²) in [5.74, 6) is -0.247. The minimum Gasteiger partial charge on any atom is -0.314 e. The van der Waals surface area contributed by atoms with E-state index in [0.29, 0.717) is 6.54 Å². The molecule has 1 aromatic heterocycles. The zero-order valence-corrected chi connectivity index (χ0v) is 10.8. The van der Waals surface area contributed by atoms with Crippen LogP contribution in [0.3, 0.4) is 0 Å². The lowest BCUT2D eigenvalue weighted by Crippen LogP contribution is -2.05. The Labute approximate surface area is 106 Å². The van der Waals surface area contributed by atoms with Gasteiger partial charge in [0.05, 0.1) is 17.6 Å². The van der Waals surface area contributed by atoms with Crippen molar-refractivity contribution in [3.05, 3.63) is 39.5 Å². The van der Waals surface area contributed by atoms with Gasteiger partial charge in [0.15, 0.2) is 0 Å². The molecule has 0 fully saturated rings. The number of nitrogens with one attached hydrogen (secondary N) is 1. The molecule has 84 valence electrons. The normalized spacial score (nSPS) is 10.7. The molecule has 0 aliphatic carbocycles. The van der Waals surface area contributed by atoms with Crippen LogP contribution in [0.5, 0.6) is 0 Å². The third-order valence-corrected chi connectivity index (χ3v) is 2.92. The van der Waals surface area contributed by atoms with E-state index in [4.69, 9.17) is 0 Å². The summed E-state index contributed by atoms with van der Waals surface area (Å²) < 4.78 is 15.4. The molecule has 0 aliphatic heterocycles. The number of hydrogen-bond donors (Lipinski definition) is 1. The summed E-state index contributed by atoms with van der Waals surface area (Å²) in [5.41, 5.74) is 1.68. The third-order valence-electron chi connectivity index (χ3n) is 2.06. The summed E-state index contributed by atoms with van der Waals surface area (Å²) in [6, 6.07) is 4.57. The quantitative estimate of drug-likeness (QED) is 0.871. The number of benzene rings is 1. The summed E-state index contributed by atoms with van der Waals surface area (Å²) >= 11 is 2.08. The average molecular weight is 332 g/mol. The van der Waals surface area contributed by atoms with Crippen LogP contribution >= 0.6 is 22.6 Å². The van der Waals surface area contributed by atoms with Crippen molar-refractivity contribution in [1.82, 2.24) is 20.3 Å². The van der Waals surface area contributed by atoms with Crippen LogP contribution in [0.2, 0.25) is 0 Å². The molecule has 6 heteroatoms. The van der Waals surface area contributed by atoms with E-state index >= 15 is 0 Å². The number of rotatable bonds is 3. The molecule has 0 spiro atoms. The first-order chi connectivity index (χ1) is 7.70. The molecule has 2 rings (SSSR count). The van der Waals surface area contributed by atoms with Gasteiger partial charge in [-0.1, -0.05) is 5.21 Å². The van der Waals surface area contributed by atoms with Gasteiger partial charge in [0, 0.05) is 10.1 Å². The Kier molecular flexibility index (Phi) is 3.49. The summed E-state index contributed by atoms with van der Waals surface area (Å²) in [5, 5.41) is 11.0. The highest BCUT2D eigenvalue weighted by atomic mass is 127. The molecule has 0 saturated heterocycles. The van der Waals surface area contributed by atoms with E-state index < -0.39 is 0 Å². The molecule has 0 bridgehead atoms. The summed E-state index contributed by atoms with van der Waals surface area (Å²) in [6.45, 7) is 0.664. The van der Waals surface area contributed by atoms with E-state index in [2.05, 4.69) is 38.2 Å². The predicted octanol–water partition coefficient (Wildman–Crippen LogP) is 1.73. The molecule has 0 radical (unpaired) electrons. The van der Waals surface area contributed by atoms with Gasteiger partial charge in [-0.05, 0) is 47.8 Å². The lowest BCUT2D eigenvalue weighted by molar-refractivity contribution is 0.625. The van der Waals surface area contributed by atoms with Gasteiger partial charge in [-0.15, -0.1) is 5.10 Å². The highest BCUT2D eigenvalue weighted by Crippen LogP contribution is 2.17. The average Bonchev–Trinajstić information content (AvgIpc) is 2.67. The van der Waals surface area contributed by atoms with Crippen LogP contribution in [0, 0.1) is 9.39 Å². The van der Waals surface area contributed by atoms with Crippen LogP contribution in [0.25, 0.3) is 5.69 Å². The summed E-state index contributed by atoms with van der Waals surface area (Å²) in [4.78, 5) is 0. The van der Waals surface area contributed by atoms with Crippen LogP contribution in [0.15, 0.2) is 24.4 Å². The molecule has 1 N–H and O–H groups in total. The van der Waals surface area contributed by atoms with Crippen molar-refractivity contribution in [3.63, 3.8) is 0 Å². The van der Waals surface area contributed by atoms with Crippen molar-refractivity contribution in [1.29, 1.82) is 0 Å². The molecule has 0 unspecified atom stereocenters. The smallest absolute Gasteiger partial charge is 0.124 e. The monoisotopic (exact) mass is 332 g/mol. The Balaban J connectivity index is 2.35. The predicted molar refractivity (Wildman–Crippen MR) is 66.8 cm³/mol. The zero-order valence-electron chi connectivity index (χ0n) is 8.61. The maximum atomic E-state index is 12.9. The zero-order chi connectivity index (χ0) is 11.5. The number of aromatic nitrogens is 3. The van der Waals surface area contributed by atoms with E-state index in [-0.39, 0.29) is 5.82 Å². The third kappa shape index (κ3) is 2.38. The van der Waals surface area contributed by atoms with Gasteiger partial charge in [0.25, 0.3) is 0 Å². The van der Waals surface area contributed by atoms with Crippen LogP contribution < -0.4 is 5.32 Å². The van der Waals surface area contributed by atoms with Gasteiger partial charge in [0.1, 0.15) is 5.82 Å². The largest absolute Gasteiger partial charge is 0.314 e. The highest BCUT2D eigenvalue weighted by molar-refractivity contribution is 14.1. The van der Waals surface area contributed by atoms with E-state index in [1.54, 1.807) is 10.7 Å². The van der Waals surface area contributed by atoms with E-state index in [9.17, 15) is 4.39 Å². The van der Waals surface area contributed by atoms with Gasteiger partial charge in [-0.25, -0.2) is 9.07 Å². The first-order valence-electron chi connectivity index (χ1n) is 4.72. The summed E-state index contributed by atoms with van der Waals surface area (Å²) in [7, 11) is 1.85. The minimum absolute atomic E-state index is 0.247. The van der Waals surface area contributed by atoms with Crippen LogP contribution in [0.4, 0.5) is 4.39 Å². The lowest BCUT2D eigenvalue weighted by Gasteiger charge is -2.02. The van der Waals surface area contributed by atoms with Crippen molar-refractivity contribution in [2.45, 2.75) is 6.54 Å². The molecule has 0 saturated carbocycles. The van der Waals surface area contributed by atoms with Gasteiger partial charge in [-0.2, -0.15) is 0 Å². The first kappa shape index (κ1) is 11.5. The molecule has 4 nitrogen and oxygen atoms in total.